The first-order valence-electron chi connectivity index (χ1n) is 10.6. The van der Waals surface area contributed by atoms with Crippen LogP contribution in [0.1, 0.15) is 32.6 Å². The molecule has 1 N–H and O–H groups in total. The van der Waals surface area contributed by atoms with E-state index >= 15 is 0 Å². The van der Waals surface area contributed by atoms with E-state index in [2.05, 4.69) is 26.9 Å². The van der Waals surface area contributed by atoms with Gasteiger partial charge in [0.2, 0.25) is 5.95 Å². The zero-order valence-corrected chi connectivity index (χ0v) is 17.2. The number of rotatable bonds is 6. The van der Waals surface area contributed by atoms with E-state index in [0.29, 0.717) is 25.2 Å². The van der Waals surface area contributed by atoms with Gasteiger partial charge in [-0.2, -0.15) is 13.8 Å². The number of halogens is 2. The molecule has 2 aromatic rings. The quantitative estimate of drug-likeness (QED) is 0.742. The second-order valence-corrected chi connectivity index (χ2v) is 8.03. The number of alkyl halides is 2. The number of aromatic nitrogens is 2. The summed E-state index contributed by atoms with van der Waals surface area (Å²) in [5.74, 6) is 2.39. The van der Waals surface area contributed by atoms with Gasteiger partial charge in [0.25, 0.3) is 0 Å². The molecule has 2 heterocycles. The van der Waals surface area contributed by atoms with Crippen molar-refractivity contribution in [3.63, 3.8) is 0 Å². The molecule has 0 atom stereocenters. The van der Waals surface area contributed by atoms with E-state index in [1.165, 1.54) is 12.8 Å². The lowest BCUT2D eigenvalue weighted by atomic mass is 9.87. The van der Waals surface area contributed by atoms with Crippen LogP contribution in [-0.2, 0) is 4.74 Å². The van der Waals surface area contributed by atoms with Crippen molar-refractivity contribution in [1.29, 1.82) is 0 Å². The lowest BCUT2D eigenvalue weighted by Crippen LogP contribution is -2.37. The smallest absolute Gasteiger partial charge is 0.387 e. The monoisotopic (exact) mass is 418 g/mol. The molecular formula is C22H28F2N4O2. The minimum atomic E-state index is -2.84. The Morgan fingerprint density at radius 1 is 1.10 bits per heavy atom. The number of nitrogens with zero attached hydrogens (tertiary/aromatic N) is 3. The molecule has 6 nitrogen and oxygen atoms in total. The average Bonchev–Trinajstić information content (AvgIpc) is 2.76. The Kier molecular flexibility index (Phi) is 6.62. The Morgan fingerprint density at radius 2 is 1.80 bits per heavy atom. The SMILES string of the molecule is C[C@H]1CC[C@H](Nc2ncc(-c3ccc(OC(F)F)cc3)c(N3CCOCC3)n2)CC1. The molecule has 2 aliphatic rings. The summed E-state index contributed by atoms with van der Waals surface area (Å²) in [5, 5.41) is 3.51. The van der Waals surface area contributed by atoms with Gasteiger partial charge in [-0.05, 0) is 49.3 Å². The summed E-state index contributed by atoms with van der Waals surface area (Å²) in [6, 6.07) is 7.00. The highest BCUT2D eigenvalue weighted by Crippen LogP contribution is 2.32. The van der Waals surface area contributed by atoms with E-state index < -0.39 is 6.61 Å². The van der Waals surface area contributed by atoms with Crippen molar-refractivity contribution in [2.45, 2.75) is 45.3 Å². The number of morpholine rings is 1. The molecule has 2 fully saturated rings. The fraction of sp³-hybridized carbons (Fsp3) is 0.545. The molecule has 1 saturated heterocycles. The number of anilines is 2. The van der Waals surface area contributed by atoms with Crippen molar-refractivity contribution in [3.05, 3.63) is 30.5 Å². The summed E-state index contributed by atoms with van der Waals surface area (Å²) < 4.78 is 34.8. The predicted octanol–water partition coefficient (Wildman–Crippen LogP) is 4.57. The molecule has 1 saturated carbocycles. The van der Waals surface area contributed by atoms with Crippen LogP contribution < -0.4 is 15.0 Å². The molecule has 0 amide bonds. The van der Waals surface area contributed by atoms with Crippen LogP contribution in [0.5, 0.6) is 5.75 Å². The molecule has 30 heavy (non-hydrogen) atoms. The van der Waals surface area contributed by atoms with Gasteiger partial charge in [0.05, 0.1) is 13.2 Å². The van der Waals surface area contributed by atoms with E-state index in [1.54, 1.807) is 24.3 Å². The summed E-state index contributed by atoms with van der Waals surface area (Å²) in [6.45, 7) is 2.25. The molecule has 0 spiro atoms. The van der Waals surface area contributed by atoms with Crippen LogP contribution in [0, 0.1) is 5.92 Å². The number of nitrogens with one attached hydrogen (secondary N) is 1. The molecule has 8 heteroatoms. The Bertz CT molecular complexity index is 820. The molecule has 1 aromatic carbocycles. The van der Waals surface area contributed by atoms with Crippen LogP contribution in [-0.4, -0.2) is 48.9 Å². The summed E-state index contributed by atoms with van der Waals surface area (Å²) in [6.07, 6.45) is 6.52. The van der Waals surface area contributed by atoms with Crippen molar-refractivity contribution in [2.75, 3.05) is 36.5 Å². The van der Waals surface area contributed by atoms with Crippen LogP contribution in [0.3, 0.4) is 0 Å². The Morgan fingerprint density at radius 3 is 2.47 bits per heavy atom. The second-order valence-electron chi connectivity index (χ2n) is 8.03. The summed E-state index contributed by atoms with van der Waals surface area (Å²) in [4.78, 5) is 11.6. The van der Waals surface area contributed by atoms with Crippen molar-refractivity contribution >= 4 is 11.8 Å². The van der Waals surface area contributed by atoms with E-state index in [9.17, 15) is 8.78 Å². The van der Waals surface area contributed by atoms with Gasteiger partial charge < -0.3 is 19.7 Å². The van der Waals surface area contributed by atoms with Crippen molar-refractivity contribution < 1.29 is 18.3 Å². The first-order valence-corrected chi connectivity index (χ1v) is 10.6. The van der Waals surface area contributed by atoms with Gasteiger partial charge in [-0.15, -0.1) is 0 Å². The molecular weight excluding hydrogens is 390 g/mol. The standard InChI is InChI=1S/C22H28F2N4O2/c1-15-2-6-17(7-3-15)26-22-25-14-19(20(27-22)28-10-12-29-13-11-28)16-4-8-18(9-5-16)30-21(23)24/h4-5,8-9,14-15,17,21H,2-3,6-7,10-13H2,1H3,(H,25,26,27)/t15-,17-. The van der Waals surface area contributed by atoms with E-state index in [0.717, 1.165) is 48.8 Å². The van der Waals surface area contributed by atoms with Crippen molar-refractivity contribution in [2.24, 2.45) is 5.92 Å². The Hall–Kier alpha value is -2.48. The van der Waals surface area contributed by atoms with Crippen LogP contribution in [0.4, 0.5) is 20.5 Å². The van der Waals surface area contributed by atoms with Crippen LogP contribution >= 0.6 is 0 Å². The largest absolute Gasteiger partial charge is 0.435 e. The summed E-state index contributed by atoms with van der Waals surface area (Å²) in [5.41, 5.74) is 1.72. The summed E-state index contributed by atoms with van der Waals surface area (Å²) in [7, 11) is 0. The zero-order chi connectivity index (χ0) is 20.9. The average molecular weight is 418 g/mol. The van der Waals surface area contributed by atoms with Crippen molar-refractivity contribution in [1.82, 2.24) is 9.97 Å². The van der Waals surface area contributed by atoms with Gasteiger partial charge >= 0.3 is 6.61 Å². The number of ether oxygens (including phenoxy) is 2. The van der Waals surface area contributed by atoms with Gasteiger partial charge in [-0.3, -0.25) is 0 Å². The zero-order valence-electron chi connectivity index (χ0n) is 17.2. The van der Waals surface area contributed by atoms with Crippen LogP contribution in [0.2, 0.25) is 0 Å². The highest BCUT2D eigenvalue weighted by molar-refractivity contribution is 5.76. The third-order valence-electron chi connectivity index (χ3n) is 5.82. The van der Waals surface area contributed by atoms with Gasteiger partial charge in [-0.25, -0.2) is 4.98 Å². The number of hydrogen-bond donors (Lipinski definition) is 1. The van der Waals surface area contributed by atoms with Crippen molar-refractivity contribution in [3.8, 4) is 16.9 Å². The molecule has 0 radical (unpaired) electrons. The number of benzene rings is 1. The van der Waals surface area contributed by atoms with E-state index in [4.69, 9.17) is 9.72 Å². The van der Waals surface area contributed by atoms with Gasteiger partial charge in [0.1, 0.15) is 11.6 Å². The topological polar surface area (TPSA) is 59.5 Å². The molecule has 1 aromatic heterocycles. The van der Waals surface area contributed by atoms with E-state index in [-0.39, 0.29) is 5.75 Å². The normalized spacial score (nSPS) is 22.2. The van der Waals surface area contributed by atoms with Crippen LogP contribution in [0.25, 0.3) is 11.1 Å². The number of hydrogen-bond acceptors (Lipinski definition) is 6. The first kappa shape index (κ1) is 20.8. The van der Waals surface area contributed by atoms with E-state index in [1.807, 2.05) is 6.20 Å². The fourth-order valence-electron chi connectivity index (χ4n) is 4.07. The Labute approximate surface area is 175 Å². The van der Waals surface area contributed by atoms with Gasteiger partial charge in [-0.1, -0.05) is 19.1 Å². The molecule has 162 valence electrons. The molecule has 1 aliphatic carbocycles. The lowest BCUT2D eigenvalue weighted by Gasteiger charge is -2.30. The van der Waals surface area contributed by atoms with Crippen LogP contribution in [0.15, 0.2) is 30.5 Å². The maximum absolute atomic E-state index is 12.4. The second kappa shape index (κ2) is 9.55. The first-order chi connectivity index (χ1) is 14.6. The minimum absolute atomic E-state index is 0.132. The Balaban J connectivity index is 1.58. The maximum Gasteiger partial charge on any atom is 0.387 e. The third-order valence-corrected chi connectivity index (χ3v) is 5.82. The minimum Gasteiger partial charge on any atom is -0.435 e. The molecule has 0 bridgehead atoms. The van der Waals surface area contributed by atoms with Gasteiger partial charge in [0, 0.05) is 30.9 Å². The van der Waals surface area contributed by atoms with Gasteiger partial charge in [0.15, 0.2) is 0 Å². The predicted molar refractivity (Wildman–Crippen MR) is 112 cm³/mol. The highest BCUT2D eigenvalue weighted by Gasteiger charge is 2.22. The molecule has 1 aliphatic heterocycles. The maximum atomic E-state index is 12.4. The fourth-order valence-corrected chi connectivity index (χ4v) is 4.07. The summed E-state index contributed by atoms with van der Waals surface area (Å²) >= 11 is 0. The lowest BCUT2D eigenvalue weighted by molar-refractivity contribution is -0.0498. The molecule has 0 unspecified atom stereocenters. The highest BCUT2D eigenvalue weighted by atomic mass is 19.3. The molecule has 4 rings (SSSR count). The third kappa shape index (κ3) is 5.16.